The van der Waals surface area contributed by atoms with Crippen LogP contribution in [0.3, 0.4) is 0 Å². The number of alkyl carbamates (subject to hydrolysis) is 1. The second-order valence-electron chi connectivity index (χ2n) is 7.62. The van der Waals surface area contributed by atoms with Gasteiger partial charge in [-0.25, -0.2) is 4.79 Å². The van der Waals surface area contributed by atoms with Crippen LogP contribution < -0.4 is 5.32 Å². The van der Waals surface area contributed by atoms with Gasteiger partial charge in [-0.05, 0) is 53.9 Å². The topological polar surface area (TPSA) is 64.6 Å². The smallest absolute Gasteiger partial charge is 0.407 e. The van der Waals surface area contributed by atoms with Crippen molar-refractivity contribution in [1.82, 2.24) is 5.32 Å². The van der Waals surface area contributed by atoms with Crippen LogP contribution in [-0.2, 0) is 14.3 Å². The van der Waals surface area contributed by atoms with Crippen molar-refractivity contribution in [2.24, 2.45) is 5.92 Å². The number of hydrogen-bond acceptors (Lipinski definition) is 4. The normalized spacial score (nSPS) is 13.8. The third kappa shape index (κ3) is 11.1. The van der Waals surface area contributed by atoms with Gasteiger partial charge in [-0.2, -0.15) is 0 Å². The minimum Gasteiger partial charge on any atom is -0.460 e. The van der Waals surface area contributed by atoms with E-state index in [4.69, 9.17) is 9.47 Å². The van der Waals surface area contributed by atoms with Crippen molar-refractivity contribution in [2.45, 2.75) is 85.5 Å². The van der Waals surface area contributed by atoms with E-state index in [0.717, 1.165) is 0 Å². The average Bonchev–Trinajstić information content (AvgIpc) is 2.18. The van der Waals surface area contributed by atoms with E-state index in [1.807, 2.05) is 55.4 Å². The van der Waals surface area contributed by atoms with Gasteiger partial charge in [-0.15, -0.1) is 0 Å². The Morgan fingerprint density at radius 2 is 1.43 bits per heavy atom. The SMILES string of the molecule is CC(C)[C@H](CCC(=O)OC(C)(C)C)NC(=O)OC(C)(C)C. The van der Waals surface area contributed by atoms with Crippen LogP contribution in [0.1, 0.15) is 68.2 Å². The first-order chi connectivity index (χ1) is 9.30. The molecule has 1 amide bonds. The summed E-state index contributed by atoms with van der Waals surface area (Å²) in [5.74, 6) is -0.0425. The van der Waals surface area contributed by atoms with Crippen molar-refractivity contribution in [1.29, 1.82) is 0 Å². The highest BCUT2D eigenvalue weighted by Gasteiger charge is 2.23. The number of esters is 1. The van der Waals surface area contributed by atoms with Crippen LogP contribution in [-0.4, -0.2) is 29.3 Å². The molecule has 0 aliphatic heterocycles. The second kappa shape index (κ2) is 7.66. The van der Waals surface area contributed by atoms with Gasteiger partial charge in [-0.1, -0.05) is 13.8 Å². The van der Waals surface area contributed by atoms with Crippen molar-refractivity contribution < 1.29 is 19.1 Å². The predicted molar refractivity (Wildman–Crippen MR) is 83.1 cm³/mol. The maximum absolute atomic E-state index is 11.8. The quantitative estimate of drug-likeness (QED) is 0.787. The number of amides is 1. The van der Waals surface area contributed by atoms with Crippen molar-refractivity contribution in [2.75, 3.05) is 0 Å². The van der Waals surface area contributed by atoms with Gasteiger partial charge in [0.2, 0.25) is 0 Å². The fourth-order valence-corrected chi connectivity index (χ4v) is 1.70. The molecule has 0 spiro atoms. The molecule has 0 saturated heterocycles. The van der Waals surface area contributed by atoms with E-state index >= 15 is 0 Å². The third-order valence-corrected chi connectivity index (χ3v) is 2.59. The fraction of sp³-hybridized carbons (Fsp3) is 0.875. The Bertz CT molecular complexity index is 350. The number of carbonyl (C=O) groups is 2. The maximum Gasteiger partial charge on any atom is 0.407 e. The third-order valence-electron chi connectivity index (χ3n) is 2.59. The summed E-state index contributed by atoms with van der Waals surface area (Å²) in [6.45, 7) is 15.0. The Morgan fingerprint density at radius 1 is 0.952 bits per heavy atom. The number of rotatable bonds is 5. The molecule has 5 nitrogen and oxygen atoms in total. The lowest BCUT2D eigenvalue weighted by molar-refractivity contribution is -0.155. The predicted octanol–water partition coefficient (Wildman–Crippen LogP) is 3.66. The summed E-state index contributed by atoms with van der Waals surface area (Å²) in [6, 6.07) is -0.118. The van der Waals surface area contributed by atoms with E-state index < -0.39 is 17.3 Å². The van der Waals surface area contributed by atoms with Crippen LogP contribution in [0.25, 0.3) is 0 Å². The monoisotopic (exact) mass is 301 g/mol. The van der Waals surface area contributed by atoms with E-state index in [1.165, 1.54) is 0 Å². The first-order valence-electron chi connectivity index (χ1n) is 7.51. The molecular formula is C16H31NO4. The molecule has 0 saturated carbocycles. The lowest BCUT2D eigenvalue weighted by Gasteiger charge is -2.26. The van der Waals surface area contributed by atoms with E-state index in [-0.39, 0.29) is 24.3 Å². The highest BCUT2D eigenvalue weighted by molar-refractivity contribution is 5.70. The molecule has 0 fully saturated rings. The van der Waals surface area contributed by atoms with E-state index in [1.54, 1.807) is 0 Å². The maximum atomic E-state index is 11.8. The van der Waals surface area contributed by atoms with E-state index in [2.05, 4.69) is 5.32 Å². The van der Waals surface area contributed by atoms with Crippen LogP contribution in [0.4, 0.5) is 4.79 Å². The lowest BCUT2D eigenvalue weighted by atomic mass is 9.99. The molecule has 0 rings (SSSR count). The van der Waals surface area contributed by atoms with Gasteiger partial charge in [0.05, 0.1) is 0 Å². The second-order valence-corrected chi connectivity index (χ2v) is 7.62. The Balaban J connectivity index is 4.39. The Labute approximate surface area is 128 Å². The van der Waals surface area contributed by atoms with E-state index in [9.17, 15) is 9.59 Å². The largest absolute Gasteiger partial charge is 0.460 e. The Hall–Kier alpha value is -1.26. The van der Waals surface area contributed by atoms with Gasteiger partial charge in [-0.3, -0.25) is 4.79 Å². The van der Waals surface area contributed by atoms with Crippen LogP contribution in [0.5, 0.6) is 0 Å². The molecule has 0 radical (unpaired) electrons. The lowest BCUT2D eigenvalue weighted by Crippen LogP contribution is -2.42. The Morgan fingerprint density at radius 3 is 1.81 bits per heavy atom. The molecule has 0 unspecified atom stereocenters. The van der Waals surface area contributed by atoms with Crippen LogP contribution >= 0.6 is 0 Å². The molecular weight excluding hydrogens is 270 g/mol. The molecule has 0 aromatic heterocycles. The van der Waals surface area contributed by atoms with Crippen molar-refractivity contribution >= 4 is 12.1 Å². The molecule has 124 valence electrons. The van der Waals surface area contributed by atoms with Gasteiger partial charge in [0.15, 0.2) is 0 Å². The van der Waals surface area contributed by atoms with Crippen LogP contribution in [0.2, 0.25) is 0 Å². The number of hydrogen-bond donors (Lipinski definition) is 1. The Kier molecular flexibility index (Phi) is 7.20. The van der Waals surface area contributed by atoms with Gasteiger partial charge in [0.1, 0.15) is 11.2 Å². The van der Waals surface area contributed by atoms with Gasteiger partial charge < -0.3 is 14.8 Å². The highest BCUT2D eigenvalue weighted by atomic mass is 16.6. The van der Waals surface area contributed by atoms with Crippen molar-refractivity contribution in [3.63, 3.8) is 0 Å². The average molecular weight is 301 g/mol. The number of ether oxygens (including phenoxy) is 2. The summed E-state index contributed by atoms with van der Waals surface area (Å²) >= 11 is 0. The summed E-state index contributed by atoms with van der Waals surface area (Å²) in [7, 11) is 0. The summed E-state index contributed by atoms with van der Waals surface area (Å²) < 4.78 is 10.5. The summed E-state index contributed by atoms with van der Waals surface area (Å²) in [5.41, 5.74) is -1.01. The van der Waals surface area contributed by atoms with Gasteiger partial charge >= 0.3 is 12.1 Å². The molecule has 0 aromatic rings. The zero-order valence-electron chi connectivity index (χ0n) is 14.7. The molecule has 1 N–H and O–H groups in total. The molecule has 0 heterocycles. The minimum absolute atomic E-state index is 0.118. The van der Waals surface area contributed by atoms with Gasteiger partial charge in [0, 0.05) is 12.5 Å². The summed E-state index contributed by atoms with van der Waals surface area (Å²) in [5, 5.41) is 2.82. The standard InChI is InChI=1S/C16H31NO4/c1-11(2)12(17-14(19)21-16(6,7)8)9-10-13(18)20-15(3,4)5/h11-12H,9-10H2,1-8H3,(H,17,19)/t12-/m0/s1. The van der Waals surface area contributed by atoms with Crippen LogP contribution in [0.15, 0.2) is 0 Å². The first-order valence-corrected chi connectivity index (χ1v) is 7.51. The molecule has 0 aliphatic rings. The zero-order valence-corrected chi connectivity index (χ0v) is 14.7. The molecule has 21 heavy (non-hydrogen) atoms. The van der Waals surface area contributed by atoms with Crippen molar-refractivity contribution in [3.8, 4) is 0 Å². The summed E-state index contributed by atoms with van der Waals surface area (Å²) in [4.78, 5) is 23.5. The molecule has 1 atom stereocenters. The number of carbonyl (C=O) groups excluding carboxylic acids is 2. The molecule has 0 bridgehead atoms. The molecule has 0 aliphatic carbocycles. The molecule has 5 heteroatoms. The van der Waals surface area contributed by atoms with E-state index in [0.29, 0.717) is 6.42 Å². The molecule has 0 aromatic carbocycles. The first kappa shape index (κ1) is 19.7. The van der Waals surface area contributed by atoms with Crippen molar-refractivity contribution in [3.05, 3.63) is 0 Å². The number of nitrogens with one attached hydrogen (secondary N) is 1. The summed E-state index contributed by atoms with van der Waals surface area (Å²) in [6.07, 6.45) is 0.354. The van der Waals surface area contributed by atoms with Gasteiger partial charge in [0.25, 0.3) is 0 Å². The highest BCUT2D eigenvalue weighted by Crippen LogP contribution is 2.14. The fourth-order valence-electron chi connectivity index (χ4n) is 1.70. The van der Waals surface area contributed by atoms with Crippen LogP contribution in [0, 0.1) is 5.92 Å². The zero-order chi connectivity index (χ0) is 16.8. The minimum atomic E-state index is -0.531.